The van der Waals surface area contributed by atoms with Gasteiger partial charge in [0, 0.05) is 19.3 Å². The van der Waals surface area contributed by atoms with Crippen molar-refractivity contribution in [1.82, 2.24) is 0 Å². The normalized spacial score (nSPS) is 12.8. The second-order valence-corrected chi connectivity index (χ2v) is 18.0. The van der Waals surface area contributed by atoms with Crippen LogP contribution >= 0.6 is 0 Å². The van der Waals surface area contributed by atoms with E-state index in [4.69, 9.17) is 14.2 Å². The predicted octanol–water partition coefficient (Wildman–Crippen LogP) is 18.5. The van der Waals surface area contributed by atoms with E-state index in [1.807, 2.05) is 0 Å². The van der Waals surface area contributed by atoms with Crippen molar-refractivity contribution in [3.05, 3.63) is 97.2 Å². The van der Waals surface area contributed by atoms with Crippen molar-refractivity contribution in [3.63, 3.8) is 0 Å². The van der Waals surface area contributed by atoms with Crippen LogP contribution in [0.15, 0.2) is 97.2 Å². The highest BCUT2D eigenvalue weighted by Gasteiger charge is 2.19. The Morgan fingerprint density at radius 1 is 0.299 bits per heavy atom. The number of unbranched alkanes of at least 4 members (excludes halogenated alkanes) is 22. The zero-order valence-electron chi connectivity index (χ0n) is 43.6. The molecule has 67 heavy (non-hydrogen) atoms. The van der Waals surface area contributed by atoms with E-state index in [0.717, 1.165) is 128 Å². The van der Waals surface area contributed by atoms with Gasteiger partial charge in [0.2, 0.25) is 0 Å². The first-order valence-corrected chi connectivity index (χ1v) is 27.7. The lowest BCUT2D eigenvalue weighted by Gasteiger charge is -2.18. The number of allylic oxidation sites excluding steroid dienone is 16. The van der Waals surface area contributed by atoms with Gasteiger partial charge in [0.05, 0.1) is 0 Å². The molecule has 0 aliphatic heterocycles. The lowest BCUT2D eigenvalue weighted by molar-refractivity contribution is -0.167. The second-order valence-electron chi connectivity index (χ2n) is 18.0. The van der Waals surface area contributed by atoms with Gasteiger partial charge in [-0.25, -0.2) is 0 Å². The quantitative estimate of drug-likeness (QED) is 0.0262. The fraction of sp³-hybridized carbons (Fsp3) is 0.689. The maximum Gasteiger partial charge on any atom is 0.306 e. The van der Waals surface area contributed by atoms with Crippen molar-refractivity contribution in [2.75, 3.05) is 13.2 Å². The van der Waals surface area contributed by atoms with Gasteiger partial charge in [-0.2, -0.15) is 0 Å². The summed E-state index contributed by atoms with van der Waals surface area (Å²) in [4.78, 5) is 38.1. The molecule has 0 bridgehead atoms. The molecule has 1 unspecified atom stereocenters. The summed E-state index contributed by atoms with van der Waals surface area (Å²) in [5.74, 6) is -0.914. The summed E-state index contributed by atoms with van der Waals surface area (Å²) in [5.41, 5.74) is 0. The molecule has 0 aromatic heterocycles. The number of carbonyl (C=O) groups is 3. The standard InChI is InChI=1S/C61H102O6/c1-4-7-10-13-16-19-22-25-28-30-31-32-34-36-39-42-45-48-51-54-60(63)66-57-58(56-65-59(62)53-50-47-44-41-38-35-27-24-21-18-15-12-9-6-3)67-61(64)55-52-49-46-43-40-37-33-29-26-23-20-17-14-11-8-5-2/h7-12,16-21,25-26,28-29,58H,4-6,13-15,22-24,27,30-57H2,1-3H3/b10-7-,11-8-,12-9-,19-16-,20-17-,21-18-,28-25-,29-26-. The minimum atomic E-state index is -0.791. The Kier molecular flexibility index (Phi) is 51.9. The van der Waals surface area contributed by atoms with E-state index in [0.29, 0.717) is 19.3 Å². The van der Waals surface area contributed by atoms with Crippen LogP contribution < -0.4 is 0 Å². The summed E-state index contributed by atoms with van der Waals surface area (Å²) >= 11 is 0. The monoisotopic (exact) mass is 931 g/mol. The van der Waals surface area contributed by atoms with Crippen molar-refractivity contribution < 1.29 is 28.6 Å². The maximum absolute atomic E-state index is 12.8. The molecule has 0 N–H and O–H groups in total. The highest BCUT2D eigenvalue weighted by Crippen LogP contribution is 2.15. The van der Waals surface area contributed by atoms with Crippen LogP contribution in [0.4, 0.5) is 0 Å². The van der Waals surface area contributed by atoms with E-state index in [2.05, 4.69) is 118 Å². The van der Waals surface area contributed by atoms with Gasteiger partial charge in [0.1, 0.15) is 13.2 Å². The van der Waals surface area contributed by atoms with E-state index in [-0.39, 0.29) is 31.1 Å². The highest BCUT2D eigenvalue weighted by atomic mass is 16.6. The average Bonchev–Trinajstić information content (AvgIpc) is 3.33. The largest absolute Gasteiger partial charge is 0.462 e. The van der Waals surface area contributed by atoms with Gasteiger partial charge >= 0.3 is 17.9 Å². The van der Waals surface area contributed by atoms with Crippen molar-refractivity contribution in [3.8, 4) is 0 Å². The lowest BCUT2D eigenvalue weighted by atomic mass is 10.1. The number of hydrogen-bond acceptors (Lipinski definition) is 6. The molecule has 382 valence electrons. The van der Waals surface area contributed by atoms with Crippen LogP contribution in [0.25, 0.3) is 0 Å². The van der Waals surface area contributed by atoms with Crippen LogP contribution in [0, 0.1) is 0 Å². The molecule has 6 nitrogen and oxygen atoms in total. The van der Waals surface area contributed by atoms with Crippen LogP contribution in [0.1, 0.15) is 252 Å². The Balaban J connectivity index is 4.41. The van der Waals surface area contributed by atoms with Crippen LogP contribution in [0.2, 0.25) is 0 Å². The van der Waals surface area contributed by atoms with Gasteiger partial charge in [0.25, 0.3) is 0 Å². The van der Waals surface area contributed by atoms with Crippen LogP contribution in [0.3, 0.4) is 0 Å². The molecule has 0 saturated carbocycles. The Morgan fingerprint density at radius 3 is 0.836 bits per heavy atom. The molecular formula is C61H102O6. The van der Waals surface area contributed by atoms with Crippen LogP contribution in [-0.2, 0) is 28.6 Å². The molecule has 0 spiro atoms. The summed E-state index contributed by atoms with van der Waals surface area (Å²) in [5, 5.41) is 0. The second kappa shape index (κ2) is 54.9. The Hall–Kier alpha value is -3.67. The predicted molar refractivity (Wildman–Crippen MR) is 288 cm³/mol. The molecule has 0 aliphatic carbocycles. The minimum Gasteiger partial charge on any atom is -0.462 e. The van der Waals surface area contributed by atoms with Gasteiger partial charge < -0.3 is 14.2 Å². The van der Waals surface area contributed by atoms with Crippen molar-refractivity contribution in [2.45, 2.75) is 258 Å². The molecule has 0 rings (SSSR count). The van der Waals surface area contributed by atoms with Crippen molar-refractivity contribution in [2.24, 2.45) is 0 Å². The van der Waals surface area contributed by atoms with Gasteiger partial charge in [-0.1, -0.05) is 221 Å². The minimum absolute atomic E-state index is 0.0889. The summed E-state index contributed by atoms with van der Waals surface area (Å²) < 4.78 is 16.8. The topological polar surface area (TPSA) is 78.9 Å². The molecule has 0 aromatic carbocycles. The number of ether oxygens (including phenoxy) is 3. The van der Waals surface area contributed by atoms with Crippen molar-refractivity contribution in [1.29, 1.82) is 0 Å². The highest BCUT2D eigenvalue weighted by molar-refractivity contribution is 5.71. The van der Waals surface area contributed by atoms with Crippen LogP contribution in [0.5, 0.6) is 0 Å². The summed E-state index contributed by atoms with van der Waals surface area (Å²) in [6.07, 6.45) is 72.5. The van der Waals surface area contributed by atoms with Gasteiger partial charge in [-0.15, -0.1) is 0 Å². The molecule has 0 amide bonds. The smallest absolute Gasteiger partial charge is 0.306 e. The van der Waals surface area contributed by atoms with E-state index in [1.54, 1.807) is 0 Å². The number of esters is 3. The molecule has 0 radical (unpaired) electrons. The molecule has 0 heterocycles. The Bertz CT molecular complexity index is 1350. The maximum atomic E-state index is 12.8. The number of carbonyl (C=O) groups excluding carboxylic acids is 3. The third kappa shape index (κ3) is 53.2. The Morgan fingerprint density at radius 2 is 0.537 bits per heavy atom. The van der Waals surface area contributed by atoms with E-state index in [1.165, 1.54) is 83.5 Å². The van der Waals surface area contributed by atoms with Gasteiger partial charge in [-0.3, -0.25) is 14.4 Å². The zero-order valence-corrected chi connectivity index (χ0v) is 43.6. The third-order valence-corrected chi connectivity index (χ3v) is 11.6. The summed E-state index contributed by atoms with van der Waals surface area (Å²) in [6, 6.07) is 0. The first-order chi connectivity index (χ1) is 33.0. The molecule has 0 fully saturated rings. The Labute approximate surface area is 413 Å². The molecule has 6 heteroatoms. The first kappa shape index (κ1) is 63.3. The molecule has 0 saturated heterocycles. The van der Waals surface area contributed by atoms with E-state index in [9.17, 15) is 14.4 Å². The fourth-order valence-electron chi connectivity index (χ4n) is 7.51. The van der Waals surface area contributed by atoms with Crippen LogP contribution in [-0.4, -0.2) is 37.2 Å². The average molecular weight is 931 g/mol. The molecule has 0 aliphatic rings. The first-order valence-electron chi connectivity index (χ1n) is 27.7. The SMILES string of the molecule is CC/C=C\C/C=C\C/C=C\CCCCCCCCCCCC(=O)OCC(COC(=O)CCCCCCCCC/C=C\C/C=C\CC)OC(=O)CCCCCCCC/C=C\C/C=C\C/C=C\CC. The molecule has 0 aromatic rings. The fourth-order valence-corrected chi connectivity index (χ4v) is 7.51. The van der Waals surface area contributed by atoms with Gasteiger partial charge in [0.15, 0.2) is 6.10 Å². The number of rotatable bonds is 49. The van der Waals surface area contributed by atoms with Gasteiger partial charge in [-0.05, 0) is 109 Å². The number of hydrogen-bond donors (Lipinski definition) is 0. The van der Waals surface area contributed by atoms with E-state index < -0.39 is 6.10 Å². The molecular weight excluding hydrogens is 829 g/mol. The summed E-state index contributed by atoms with van der Waals surface area (Å²) in [7, 11) is 0. The third-order valence-electron chi connectivity index (χ3n) is 11.6. The van der Waals surface area contributed by atoms with Crippen molar-refractivity contribution >= 4 is 17.9 Å². The zero-order chi connectivity index (χ0) is 48.6. The van der Waals surface area contributed by atoms with E-state index >= 15 is 0 Å². The molecule has 1 atom stereocenters. The summed E-state index contributed by atoms with van der Waals surface area (Å²) in [6.45, 7) is 6.30. The lowest BCUT2D eigenvalue weighted by Crippen LogP contribution is -2.30.